The number of rotatable bonds is 12. The highest BCUT2D eigenvalue weighted by molar-refractivity contribution is 14.1. The van der Waals surface area contributed by atoms with E-state index in [9.17, 15) is 0 Å². The molecule has 0 aliphatic carbocycles. The summed E-state index contributed by atoms with van der Waals surface area (Å²) in [5.74, 6) is 0. The standard InChI is InChI=1S/C78H58B2I2N4S/c1-3-5-19-49-29-35-59(36-30-49)83-65-42-34-57(81)47-64(65)80-63-41-40-62-73-74(63)86(70-46-55(43-67(83)72(70)80)51-21-11-7-12-22-51)76-75(77(53-25-15-9-16-26-53)87-78(76)54-27-17-10-18-28-54)85(73)69-45-56(52-23-13-8-14-24-52)44-68-71(69)79(62)61-39-33-58(82)48-66(61)84(68)60-37-31-50(32-38-60)20-6-4-2/h7-18,21-48H,3-6,19-20H2,1-2H3. The van der Waals surface area contributed by atoms with E-state index in [1.54, 1.807) is 0 Å². The summed E-state index contributed by atoms with van der Waals surface area (Å²) in [6.45, 7) is 4.40. The SMILES string of the molecule is CCCCc1ccc(N2c3ccc(I)cc3B3c4ccc5c6c4N(c4cc(-c7ccccc7)cc2c43)c2c(-c3ccccc3)sc(-c3ccccc3)c2N6c2cc(-c3ccccc3)cc3c2B5c2ccc(I)cc2N3c2ccc(CCCC)cc2)cc1. The Morgan fingerprint density at radius 2 is 0.713 bits per heavy atom. The Morgan fingerprint density at radius 1 is 0.322 bits per heavy atom. The van der Waals surface area contributed by atoms with Gasteiger partial charge in [0, 0.05) is 52.6 Å². The second-order valence-electron chi connectivity index (χ2n) is 23.9. The average Bonchev–Trinajstić information content (AvgIpc) is 1.62. The fourth-order valence-corrected chi connectivity index (χ4v) is 17.2. The fourth-order valence-electron chi connectivity index (χ4n) is 14.9. The molecule has 9 heteroatoms. The molecule has 0 unspecified atom stereocenters. The zero-order valence-electron chi connectivity index (χ0n) is 48.4. The van der Waals surface area contributed by atoms with Gasteiger partial charge in [-0.05, 0) is 221 Å². The summed E-state index contributed by atoms with van der Waals surface area (Å²) in [6, 6.07) is 93.3. The van der Waals surface area contributed by atoms with Crippen molar-refractivity contribution in [1.29, 1.82) is 0 Å². The predicted octanol–water partition coefficient (Wildman–Crippen LogP) is 18.8. The van der Waals surface area contributed by atoms with Gasteiger partial charge in [0.1, 0.15) is 0 Å². The summed E-state index contributed by atoms with van der Waals surface area (Å²) in [5, 5.41) is 0. The molecule has 6 heterocycles. The molecule has 0 bridgehead atoms. The number of hydrogen-bond donors (Lipinski definition) is 0. The largest absolute Gasteiger partial charge is 0.311 e. The lowest BCUT2D eigenvalue weighted by molar-refractivity contribution is 0.795. The number of benzene rings is 11. The minimum absolute atomic E-state index is 0.0813. The van der Waals surface area contributed by atoms with E-state index in [1.807, 2.05) is 11.3 Å². The third-order valence-electron chi connectivity index (χ3n) is 18.8. The summed E-state index contributed by atoms with van der Waals surface area (Å²) in [6.07, 6.45) is 6.85. The van der Waals surface area contributed by atoms with E-state index < -0.39 is 0 Å². The molecule has 4 nitrogen and oxygen atoms in total. The quantitative estimate of drug-likeness (QED) is 0.0893. The monoisotopic (exact) mass is 1360 g/mol. The highest BCUT2D eigenvalue weighted by atomic mass is 127. The maximum atomic E-state index is 2.77. The summed E-state index contributed by atoms with van der Waals surface area (Å²) >= 11 is 7.04. The van der Waals surface area contributed by atoms with Gasteiger partial charge in [0.05, 0.1) is 32.5 Å². The molecule has 0 N–H and O–H groups in total. The van der Waals surface area contributed by atoms with Crippen LogP contribution >= 0.6 is 56.5 Å². The summed E-state index contributed by atoms with van der Waals surface area (Å²) in [5.41, 5.74) is 32.5. The number of anilines is 12. The highest BCUT2D eigenvalue weighted by Crippen LogP contribution is 2.65. The molecule has 416 valence electrons. The first kappa shape index (κ1) is 53.2. The Kier molecular flexibility index (Phi) is 13.1. The lowest BCUT2D eigenvalue weighted by atomic mass is 9.31. The highest BCUT2D eigenvalue weighted by Gasteiger charge is 2.53. The zero-order valence-corrected chi connectivity index (χ0v) is 53.6. The Morgan fingerprint density at radius 3 is 1.17 bits per heavy atom. The van der Waals surface area contributed by atoms with Gasteiger partial charge in [-0.25, -0.2) is 0 Å². The van der Waals surface area contributed by atoms with E-state index in [0.717, 1.165) is 12.8 Å². The van der Waals surface area contributed by atoms with Gasteiger partial charge in [0.2, 0.25) is 0 Å². The summed E-state index contributed by atoms with van der Waals surface area (Å²) in [7, 11) is 0. The third kappa shape index (κ3) is 8.42. The van der Waals surface area contributed by atoms with Crippen molar-refractivity contribution >= 4 is 171 Å². The van der Waals surface area contributed by atoms with Gasteiger partial charge in [-0.3, -0.25) is 0 Å². The van der Waals surface area contributed by atoms with Crippen LogP contribution in [0.25, 0.3) is 43.1 Å². The van der Waals surface area contributed by atoms with Crippen molar-refractivity contribution in [2.24, 2.45) is 0 Å². The predicted molar refractivity (Wildman–Crippen MR) is 390 cm³/mol. The van der Waals surface area contributed by atoms with Crippen LogP contribution in [0.2, 0.25) is 0 Å². The van der Waals surface area contributed by atoms with Gasteiger partial charge in [0.15, 0.2) is 0 Å². The van der Waals surface area contributed by atoms with E-state index in [4.69, 9.17) is 0 Å². The summed E-state index contributed by atoms with van der Waals surface area (Å²) in [4.78, 5) is 13.2. The van der Waals surface area contributed by atoms with E-state index in [0.29, 0.717) is 0 Å². The number of halogens is 2. The van der Waals surface area contributed by atoms with Crippen molar-refractivity contribution in [3.8, 4) is 43.1 Å². The van der Waals surface area contributed by atoms with Crippen LogP contribution in [0.15, 0.2) is 243 Å². The first-order chi connectivity index (χ1) is 42.9. The first-order valence-electron chi connectivity index (χ1n) is 30.8. The van der Waals surface area contributed by atoms with Crippen LogP contribution < -0.4 is 52.4 Å². The van der Waals surface area contributed by atoms with Gasteiger partial charge in [-0.15, -0.1) is 11.3 Å². The maximum absolute atomic E-state index is 2.77. The number of hydrogen-bond acceptors (Lipinski definition) is 5. The number of thiophene rings is 1. The Labute approximate surface area is 542 Å². The van der Waals surface area contributed by atoms with Crippen LogP contribution in [0, 0.1) is 7.14 Å². The van der Waals surface area contributed by atoms with Crippen molar-refractivity contribution in [3.05, 3.63) is 261 Å². The molecule has 87 heavy (non-hydrogen) atoms. The Balaban J connectivity index is 1.02. The number of nitrogens with zero attached hydrogens (tertiary/aromatic N) is 4. The second kappa shape index (κ2) is 21.4. The van der Waals surface area contributed by atoms with Crippen molar-refractivity contribution in [3.63, 3.8) is 0 Å². The molecular weight excluding hydrogens is 1300 g/mol. The van der Waals surface area contributed by atoms with E-state index in [1.165, 1.54) is 188 Å². The normalized spacial score (nSPS) is 13.4. The second-order valence-corrected chi connectivity index (χ2v) is 27.4. The van der Waals surface area contributed by atoms with Crippen molar-refractivity contribution in [2.75, 3.05) is 19.6 Å². The number of fused-ring (bicyclic) bond motifs is 11. The van der Waals surface area contributed by atoms with E-state index in [2.05, 4.69) is 321 Å². The molecule has 0 radical (unpaired) electrons. The zero-order chi connectivity index (χ0) is 58.0. The number of unbranched alkanes of at least 4 members (excludes halogenated alkanes) is 2. The molecule has 0 saturated carbocycles. The molecule has 0 fully saturated rings. The van der Waals surface area contributed by atoms with Crippen molar-refractivity contribution in [1.82, 2.24) is 0 Å². The topological polar surface area (TPSA) is 13.0 Å². The van der Waals surface area contributed by atoms with E-state index >= 15 is 0 Å². The molecule has 5 aliphatic heterocycles. The molecular formula is C78H58B2I2N4S. The lowest BCUT2D eigenvalue weighted by Gasteiger charge is -2.52. The number of aryl methyl sites for hydroxylation is 2. The van der Waals surface area contributed by atoms with Gasteiger partial charge < -0.3 is 19.6 Å². The summed E-state index contributed by atoms with van der Waals surface area (Å²) < 4.78 is 2.44. The first-order valence-corrected chi connectivity index (χ1v) is 33.8. The fraction of sp³-hybridized carbons (Fsp3) is 0.103. The van der Waals surface area contributed by atoms with Crippen LogP contribution in [-0.4, -0.2) is 13.4 Å². The lowest BCUT2D eigenvalue weighted by Crippen LogP contribution is -2.65. The molecule has 17 rings (SSSR count). The van der Waals surface area contributed by atoms with Gasteiger partial charge in [-0.2, -0.15) is 0 Å². The van der Waals surface area contributed by atoms with Gasteiger partial charge in [0.25, 0.3) is 13.4 Å². The molecule has 1 aromatic heterocycles. The molecule has 5 aliphatic rings. The van der Waals surface area contributed by atoms with Gasteiger partial charge in [-0.1, -0.05) is 197 Å². The third-order valence-corrected chi connectivity index (χ3v) is 21.4. The molecule has 0 amide bonds. The van der Waals surface area contributed by atoms with Crippen LogP contribution in [0.5, 0.6) is 0 Å². The minimum atomic E-state index is -0.0828. The molecule has 0 saturated heterocycles. The minimum Gasteiger partial charge on any atom is -0.311 e. The smallest absolute Gasteiger partial charge is 0.252 e. The van der Waals surface area contributed by atoms with Crippen LogP contribution in [-0.2, 0) is 12.8 Å². The van der Waals surface area contributed by atoms with Gasteiger partial charge >= 0.3 is 0 Å². The Hall–Kier alpha value is -8.09. The van der Waals surface area contributed by atoms with Crippen LogP contribution in [0.1, 0.15) is 50.7 Å². The molecule has 12 aromatic rings. The molecule has 0 atom stereocenters. The maximum Gasteiger partial charge on any atom is 0.252 e. The molecule has 11 aromatic carbocycles. The van der Waals surface area contributed by atoms with Crippen LogP contribution in [0.3, 0.4) is 0 Å². The van der Waals surface area contributed by atoms with E-state index in [-0.39, 0.29) is 13.4 Å². The van der Waals surface area contributed by atoms with Crippen LogP contribution in [0.4, 0.5) is 68.2 Å². The average molecular weight is 1360 g/mol. The van der Waals surface area contributed by atoms with Crippen molar-refractivity contribution in [2.45, 2.75) is 52.4 Å². The Bertz CT molecular complexity index is 4710. The van der Waals surface area contributed by atoms with Crippen molar-refractivity contribution < 1.29 is 0 Å². The molecule has 0 spiro atoms.